The Morgan fingerprint density at radius 2 is 2.09 bits per heavy atom. The number of nitrogens with zero attached hydrogens (tertiary/aromatic N) is 3. The minimum atomic E-state index is -0.487. The maximum absolute atomic E-state index is 11.6. The van der Waals surface area contributed by atoms with Gasteiger partial charge in [-0.15, -0.1) is 11.3 Å². The van der Waals surface area contributed by atoms with Gasteiger partial charge in [0.2, 0.25) is 0 Å². The van der Waals surface area contributed by atoms with Gasteiger partial charge in [-0.3, -0.25) is 9.79 Å². The molecule has 0 saturated carbocycles. The molecule has 0 aliphatic rings. The number of rotatable bonds is 5. The lowest BCUT2D eigenvalue weighted by Gasteiger charge is -2.20. The van der Waals surface area contributed by atoms with Gasteiger partial charge in [-0.2, -0.15) is 0 Å². The number of hydrogen-bond acceptors (Lipinski definition) is 6. The Morgan fingerprint density at radius 1 is 1.41 bits per heavy atom. The molecule has 7 nitrogen and oxygen atoms in total. The fourth-order valence-electron chi connectivity index (χ4n) is 1.51. The first-order chi connectivity index (χ1) is 10.2. The van der Waals surface area contributed by atoms with E-state index in [9.17, 15) is 4.79 Å². The Hall–Kier alpha value is -1.83. The Kier molecular flexibility index (Phi) is 6.61. The molecule has 0 amide bonds. The normalized spacial score (nSPS) is 12.0. The summed E-state index contributed by atoms with van der Waals surface area (Å²) < 4.78 is 5.22. The van der Waals surface area contributed by atoms with E-state index in [-0.39, 0.29) is 12.5 Å². The van der Waals surface area contributed by atoms with E-state index in [0.717, 1.165) is 10.8 Å². The van der Waals surface area contributed by atoms with Gasteiger partial charge >= 0.3 is 5.97 Å². The van der Waals surface area contributed by atoms with Crippen LogP contribution in [-0.2, 0) is 16.1 Å². The van der Waals surface area contributed by atoms with Crippen LogP contribution in [0, 0.1) is 0 Å². The van der Waals surface area contributed by atoms with Crippen molar-refractivity contribution in [3.05, 3.63) is 11.1 Å². The van der Waals surface area contributed by atoms with Crippen LogP contribution in [0.2, 0.25) is 0 Å². The molecule has 1 aromatic heterocycles. The SMILES string of the molecule is CN=C(NCC(=O)OC(C)(C)C)NCc1csc(N(C)C)n1. The highest BCUT2D eigenvalue weighted by Gasteiger charge is 2.16. The summed E-state index contributed by atoms with van der Waals surface area (Å²) in [5.74, 6) is 0.212. The number of carbonyl (C=O) groups is 1. The topological polar surface area (TPSA) is 78.8 Å². The number of ether oxygens (including phenoxy) is 1. The lowest BCUT2D eigenvalue weighted by atomic mass is 10.2. The summed E-state index contributed by atoms with van der Waals surface area (Å²) >= 11 is 1.58. The molecule has 1 rings (SSSR count). The predicted octanol–water partition coefficient (Wildman–Crippen LogP) is 1.22. The molecule has 124 valence electrons. The van der Waals surface area contributed by atoms with Gasteiger partial charge in [0, 0.05) is 26.5 Å². The molecule has 0 aliphatic heterocycles. The smallest absolute Gasteiger partial charge is 0.325 e. The van der Waals surface area contributed by atoms with Crippen LogP contribution >= 0.6 is 11.3 Å². The van der Waals surface area contributed by atoms with Crippen LogP contribution in [0.5, 0.6) is 0 Å². The van der Waals surface area contributed by atoms with Gasteiger partial charge in [0.15, 0.2) is 11.1 Å². The van der Waals surface area contributed by atoms with Crippen molar-refractivity contribution in [1.82, 2.24) is 15.6 Å². The number of esters is 1. The van der Waals surface area contributed by atoms with E-state index in [4.69, 9.17) is 4.74 Å². The molecule has 0 fully saturated rings. The van der Waals surface area contributed by atoms with E-state index in [1.54, 1.807) is 18.4 Å². The van der Waals surface area contributed by atoms with Gasteiger partial charge in [0.05, 0.1) is 12.2 Å². The summed E-state index contributed by atoms with van der Waals surface area (Å²) in [6, 6.07) is 0. The predicted molar refractivity (Wildman–Crippen MR) is 90.5 cm³/mol. The highest BCUT2D eigenvalue weighted by molar-refractivity contribution is 7.13. The molecule has 0 atom stereocenters. The Bertz CT molecular complexity index is 520. The van der Waals surface area contributed by atoms with Crippen LogP contribution in [0.15, 0.2) is 10.4 Å². The first-order valence-corrected chi connectivity index (χ1v) is 7.87. The van der Waals surface area contributed by atoms with E-state index in [0.29, 0.717) is 12.5 Å². The average molecular weight is 327 g/mol. The standard InChI is InChI=1S/C14H25N5O2S/c1-14(2,3)21-11(20)8-17-12(15-4)16-7-10-9-22-13(18-10)19(5)6/h9H,7-8H2,1-6H3,(H2,15,16,17). The van der Waals surface area contributed by atoms with Gasteiger partial charge < -0.3 is 20.3 Å². The molecule has 0 aliphatic carbocycles. The van der Waals surface area contributed by atoms with Gasteiger partial charge in [-0.05, 0) is 20.8 Å². The van der Waals surface area contributed by atoms with Crippen LogP contribution in [0.25, 0.3) is 0 Å². The van der Waals surface area contributed by atoms with Gasteiger partial charge in [0.1, 0.15) is 12.1 Å². The van der Waals surface area contributed by atoms with Crippen molar-refractivity contribution in [2.45, 2.75) is 32.9 Å². The summed E-state index contributed by atoms with van der Waals surface area (Å²) in [4.78, 5) is 22.1. The summed E-state index contributed by atoms with van der Waals surface area (Å²) in [6.45, 7) is 6.11. The fraction of sp³-hybridized carbons (Fsp3) is 0.643. The summed E-state index contributed by atoms with van der Waals surface area (Å²) in [7, 11) is 5.56. The highest BCUT2D eigenvalue weighted by atomic mass is 32.1. The molecule has 0 radical (unpaired) electrons. The third kappa shape index (κ3) is 6.75. The minimum Gasteiger partial charge on any atom is -0.459 e. The van der Waals surface area contributed by atoms with Crippen molar-refractivity contribution in [2.75, 3.05) is 32.6 Å². The zero-order valence-electron chi connectivity index (χ0n) is 14.1. The second kappa shape index (κ2) is 7.98. The summed E-state index contributed by atoms with van der Waals surface area (Å²) in [6.07, 6.45) is 0. The van der Waals surface area contributed by atoms with Crippen LogP contribution in [0.1, 0.15) is 26.5 Å². The maximum atomic E-state index is 11.6. The van der Waals surface area contributed by atoms with E-state index in [2.05, 4.69) is 20.6 Å². The Balaban J connectivity index is 2.41. The molecule has 1 aromatic rings. The minimum absolute atomic E-state index is 0.0664. The van der Waals surface area contributed by atoms with Crippen molar-refractivity contribution in [3.8, 4) is 0 Å². The molecule has 0 aromatic carbocycles. The molecule has 0 bridgehead atoms. The number of anilines is 1. The average Bonchev–Trinajstić information content (AvgIpc) is 2.86. The van der Waals surface area contributed by atoms with Crippen molar-refractivity contribution >= 4 is 28.4 Å². The molecule has 0 saturated heterocycles. The number of carbonyl (C=O) groups excluding carboxylic acids is 1. The van der Waals surface area contributed by atoms with Crippen LogP contribution in [0.4, 0.5) is 5.13 Å². The number of hydrogen-bond donors (Lipinski definition) is 2. The number of aliphatic imine (C=N–C) groups is 1. The molecule has 1 heterocycles. The van der Waals surface area contributed by atoms with Gasteiger partial charge in [0.25, 0.3) is 0 Å². The van der Waals surface area contributed by atoms with Crippen molar-refractivity contribution in [2.24, 2.45) is 4.99 Å². The van der Waals surface area contributed by atoms with Crippen molar-refractivity contribution in [1.29, 1.82) is 0 Å². The quantitative estimate of drug-likeness (QED) is 0.481. The summed E-state index contributed by atoms with van der Waals surface area (Å²) in [5, 5.41) is 8.98. The third-order valence-electron chi connectivity index (χ3n) is 2.40. The molecule has 8 heteroatoms. The number of aromatic nitrogens is 1. The van der Waals surface area contributed by atoms with Gasteiger partial charge in [-0.1, -0.05) is 0 Å². The molecule has 0 unspecified atom stereocenters. The van der Waals surface area contributed by atoms with Crippen molar-refractivity contribution < 1.29 is 9.53 Å². The monoisotopic (exact) mass is 327 g/mol. The third-order valence-corrected chi connectivity index (χ3v) is 3.46. The number of thiazole rings is 1. The maximum Gasteiger partial charge on any atom is 0.325 e. The van der Waals surface area contributed by atoms with Gasteiger partial charge in [-0.25, -0.2) is 4.98 Å². The summed E-state index contributed by atoms with van der Waals surface area (Å²) in [5.41, 5.74) is 0.438. The van der Waals surface area contributed by atoms with Crippen molar-refractivity contribution in [3.63, 3.8) is 0 Å². The van der Waals surface area contributed by atoms with Crippen LogP contribution < -0.4 is 15.5 Å². The molecular formula is C14H25N5O2S. The Morgan fingerprint density at radius 3 is 2.59 bits per heavy atom. The van der Waals surface area contributed by atoms with E-state index in [1.807, 2.05) is 45.1 Å². The van der Waals surface area contributed by atoms with Crippen LogP contribution in [-0.4, -0.2) is 50.2 Å². The van der Waals surface area contributed by atoms with E-state index < -0.39 is 5.60 Å². The zero-order chi connectivity index (χ0) is 16.8. The van der Waals surface area contributed by atoms with Crippen LogP contribution in [0.3, 0.4) is 0 Å². The second-order valence-electron chi connectivity index (χ2n) is 5.88. The molecule has 22 heavy (non-hydrogen) atoms. The fourth-order valence-corrected chi connectivity index (χ4v) is 2.27. The first-order valence-electron chi connectivity index (χ1n) is 6.99. The molecular weight excluding hydrogens is 302 g/mol. The zero-order valence-corrected chi connectivity index (χ0v) is 14.9. The second-order valence-corrected chi connectivity index (χ2v) is 6.72. The highest BCUT2D eigenvalue weighted by Crippen LogP contribution is 2.17. The first kappa shape index (κ1) is 18.2. The molecule has 0 spiro atoms. The Labute approximate surface area is 135 Å². The van der Waals surface area contributed by atoms with E-state index >= 15 is 0 Å². The largest absolute Gasteiger partial charge is 0.459 e. The lowest BCUT2D eigenvalue weighted by molar-refractivity contribution is -0.153. The molecule has 2 N–H and O–H groups in total. The number of nitrogens with one attached hydrogen (secondary N) is 2. The van der Waals surface area contributed by atoms with E-state index in [1.165, 1.54) is 0 Å². The number of guanidine groups is 1. The lowest BCUT2D eigenvalue weighted by Crippen LogP contribution is -2.41.